The highest BCUT2D eigenvalue weighted by Gasteiger charge is 2.15. The van der Waals surface area contributed by atoms with Crippen molar-refractivity contribution in [1.29, 1.82) is 0 Å². The summed E-state index contributed by atoms with van der Waals surface area (Å²) in [7, 11) is 0. The number of rotatable bonds is 4. The Morgan fingerprint density at radius 2 is 1.92 bits per heavy atom. The number of anilines is 3. The first-order valence-electron chi connectivity index (χ1n) is 8.25. The molecule has 1 aliphatic carbocycles. The van der Waals surface area contributed by atoms with Crippen LogP contribution in [0.4, 0.5) is 26.4 Å². The van der Waals surface area contributed by atoms with Crippen LogP contribution in [0.2, 0.25) is 0 Å². The second-order valence-electron chi connectivity index (χ2n) is 6.00. The molecule has 1 aromatic heterocycles. The highest BCUT2D eigenvalue weighted by Crippen LogP contribution is 2.19. The van der Waals surface area contributed by atoms with Crippen LogP contribution in [0.25, 0.3) is 0 Å². The summed E-state index contributed by atoms with van der Waals surface area (Å²) in [6.45, 7) is 0. The normalized spacial score (nSPS) is 14.9. The molecule has 0 radical (unpaired) electrons. The van der Waals surface area contributed by atoms with Crippen molar-refractivity contribution in [3.05, 3.63) is 48.4 Å². The fraction of sp³-hybridized carbons (Fsp3) is 0.333. The first kappa shape index (κ1) is 16.2. The van der Waals surface area contributed by atoms with E-state index < -0.39 is 0 Å². The number of urea groups is 1. The molecular weight excluding hydrogens is 307 g/mol. The van der Waals surface area contributed by atoms with Gasteiger partial charge in [-0.2, -0.15) is 0 Å². The van der Waals surface area contributed by atoms with Gasteiger partial charge in [0.25, 0.3) is 0 Å². The van der Waals surface area contributed by atoms with Gasteiger partial charge >= 0.3 is 6.03 Å². The SMILES string of the molecule is O=C(Nc1ccc(Nc2cccc(F)c2)cn1)NC1CCCCC1. The zero-order valence-corrected chi connectivity index (χ0v) is 13.4. The molecule has 0 unspecified atom stereocenters. The Morgan fingerprint density at radius 3 is 2.62 bits per heavy atom. The Kier molecular flexibility index (Phi) is 5.25. The summed E-state index contributed by atoms with van der Waals surface area (Å²) in [6.07, 6.45) is 7.27. The minimum absolute atomic E-state index is 0.222. The number of halogens is 1. The van der Waals surface area contributed by atoms with Gasteiger partial charge in [-0.3, -0.25) is 5.32 Å². The van der Waals surface area contributed by atoms with E-state index in [0.717, 1.165) is 18.5 Å². The van der Waals surface area contributed by atoms with E-state index in [1.165, 1.54) is 31.4 Å². The maximum absolute atomic E-state index is 13.2. The molecule has 1 aromatic carbocycles. The van der Waals surface area contributed by atoms with Crippen molar-refractivity contribution in [1.82, 2.24) is 10.3 Å². The van der Waals surface area contributed by atoms with Gasteiger partial charge in [-0.1, -0.05) is 25.3 Å². The number of carbonyl (C=O) groups is 1. The van der Waals surface area contributed by atoms with Crippen LogP contribution in [0.5, 0.6) is 0 Å². The average molecular weight is 328 g/mol. The Morgan fingerprint density at radius 1 is 1.08 bits per heavy atom. The minimum Gasteiger partial charge on any atom is -0.354 e. The van der Waals surface area contributed by atoms with E-state index in [0.29, 0.717) is 11.5 Å². The van der Waals surface area contributed by atoms with E-state index in [-0.39, 0.29) is 17.9 Å². The molecule has 0 spiro atoms. The van der Waals surface area contributed by atoms with Crippen molar-refractivity contribution >= 4 is 23.2 Å². The summed E-state index contributed by atoms with van der Waals surface area (Å²) in [5, 5.41) is 8.78. The Bertz CT molecular complexity index is 684. The predicted octanol–water partition coefficient (Wildman–Crippen LogP) is 4.42. The molecule has 0 atom stereocenters. The third-order valence-corrected chi connectivity index (χ3v) is 4.06. The van der Waals surface area contributed by atoms with Crippen LogP contribution in [0.15, 0.2) is 42.6 Å². The van der Waals surface area contributed by atoms with Gasteiger partial charge in [0.05, 0.1) is 11.9 Å². The first-order valence-corrected chi connectivity index (χ1v) is 8.25. The zero-order chi connectivity index (χ0) is 16.8. The lowest BCUT2D eigenvalue weighted by atomic mass is 9.96. The summed E-state index contributed by atoms with van der Waals surface area (Å²) < 4.78 is 13.2. The maximum atomic E-state index is 13.2. The molecule has 1 aliphatic rings. The van der Waals surface area contributed by atoms with Gasteiger partial charge in [0.1, 0.15) is 11.6 Å². The zero-order valence-electron chi connectivity index (χ0n) is 13.4. The van der Waals surface area contributed by atoms with Gasteiger partial charge in [-0.25, -0.2) is 14.2 Å². The predicted molar refractivity (Wildman–Crippen MR) is 92.9 cm³/mol. The number of amides is 2. The number of pyridine rings is 1. The average Bonchev–Trinajstić information content (AvgIpc) is 2.57. The van der Waals surface area contributed by atoms with Gasteiger partial charge in [0.2, 0.25) is 0 Å². The van der Waals surface area contributed by atoms with Crippen LogP contribution >= 0.6 is 0 Å². The minimum atomic E-state index is -0.300. The van der Waals surface area contributed by atoms with Crippen molar-refractivity contribution < 1.29 is 9.18 Å². The molecule has 0 aliphatic heterocycles. The van der Waals surface area contributed by atoms with Gasteiger partial charge < -0.3 is 10.6 Å². The summed E-state index contributed by atoms with van der Waals surface area (Å²) >= 11 is 0. The molecule has 5 nitrogen and oxygen atoms in total. The van der Waals surface area contributed by atoms with E-state index >= 15 is 0 Å². The summed E-state index contributed by atoms with van der Waals surface area (Å²) in [6, 6.07) is 9.73. The van der Waals surface area contributed by atoms with Gasteiger partial charge in [0.15, 0.2) is 0 Å². The summed E-state index contributed by atoms with van der Waals surface area (Å²) in [5.74, 6) is 0.179. The van der Waals surface area contributed by atoms with Crippen molar-refractivity contribution in [3.63, 3.8) is 0 Å². The molecule has 2 amide bonds. The number of benzene rings is 1. The number of aromatic nitrogens is 1. The lowest BCUT2D eigenvalue weighted by molar-refractivity contribution is 0.244. The van der Waals surface area contributed by atoms with Gasteiger partial charge in [-0.05, 0) is 43.2 Å². The molecular formula is C18H21FN4O. The molecule has 1 fully saturated rings. The number of nitrogens with one attached hydrogen (secondary N) is 3. The number of hydrogen-bond donors (Lipinski definition) is 3. The van der Waals surface area contributed by atoms with E-state index in [9.17, 15) is 9.18 Å². The molecule has 0 bridgehead atoms. The molecule has 0 saturated heterocycles. The van der Waals surface area contributed by atoms with Crippen molar-refractivity contribution in [2.75, 3.05) is 10.6 Å². The Labute approximate surface area is 140 Å². The highest BCUT2D eigenvalue weighted by molar-refractivity contribution is 5.88. The second-order valence-corrected chi connectivity index (χ2v) is 6.00. The molecule has 24 heavy (non-hydrogen) atoms. The van der Waals surface area contributed by atoms with Crippen LogP contribution < -0.4 is 16.0 Å². The second kappa shape index (κ2) is 7.77. The molecule has 3 rings (SSSR count). The van der Waals surface area contributed by atoms with Crippen LogP contribution in [-0.2, 0) is 0 Å². The largest absolute Gasteiger partial charge is 0.354 e. The number of carbonyl (C=O) groups excluding carboxylic acids is 1. The van der Waals surface area contributed by atoms with Crippen molar-refractivity contribution in [2.24, 2.45) is 0 Å². The van der Waals surface area contributed by atoms with Crippen molar-refractivity contribution in [3.8, 4) is 0 Å². The maximum Gasteiger partial charge on any atom is 0.320 e. The molecule has 3 N–H and O–H groups in total. The van der Waals surface area contributed by atoms with Crippen LogP contribution in [-0.4, -0.2) is 17.1 Å². The van der Waals surface area contributed by atoms with Crippen molar-refractivity contribution in [2.45, 2.75) is 38.1 Å². The molecule has 2 aromatic rings. The van der Waals surface area contributed by atoms with Gasteiger partial charge in [0, 0.05) is 11.7 Å². The third-order valence-electron chi connectivity index (χ3n) is 4.06. The van der Waals surface area contributed by atoms with E-state index in [1.54, 1.807) is 30.5 Å². The lowest BCUT2D eigenvalue weighted by Gasteiger charge is -2.22. The van der Waals surface area contributed by atoms with Crippen LogP contribution in [0, 0.1) is 5.82 Å². The molecule has 126 valence electrons. The molecule has 1 saturated carbocycles. The topological polar surface area (TPSA) is 66.0 Å². The lowest BCUT2D eigenvalue weighted by Crippen LogP contribution is -2.39. The standard InChI is InChI=1S/C18H21FN4O/c19-13-5-4-8-15(11-13)21-16-9-10-17(20-12-16)23-18(24)22-14-6-2-1-3-7-14/h4-5,8-12,14,21H,1-3,6-7H2,(H2,20,22,23,24). The quantitative estimate of drug-likeness (QED) is 0.778. The molecule has 6 heteroatoms. The van der Waals surface area contributed by atoms with E-state index in [1.807, 2.05) is 0 Å². The van der Waals surface area contributed by atoms with E-state index in [4.69, 9.17) is 0 Å². The smallest absolute Gasteiger partial charge is 0.320 e. The summed E-state index contributed by atoms with van der Waals surface area (Å²) in [5.41, 5.74) is 1.37. The fourth-order valence-electron chi connectivity index (χ4n) is 2.86. The highest BCUT2D eigenvalue weighted by atomic mass is 19.1. The van der Waals surface area contributed by atoms with Gasteiger partial charge in [-0.15, -0.1) is 0 Å². The number of hydrogen-bond acceptors (Lipinski definition) is 3. The molecule has 1 heterocycles. The van der Waals surface area contributed by atoms with E-state index in [2.05, 4.69) is 20.9 Å². The fourth-order valence-corrected chi connectivity index (χ4v) is 2.86. The van der Waals surface area contributed by atoms with Crippen LogP contribution in [0.1, 0.15) is 32.1 Å². The number of nitrogens with zero attached hydrogens (tertiary/aromatic N) is 1. The first-order chi connectivity index (χ1) is 11.7. The summed E-state index contributed by atoms with van der Waals surface area (Å²) in [4.78, 5) is 16.2. The Hall–Kier alpha value is -2.63. The van der Waals surface area contributed by atoms with Crippen LogP contribution in [0.3, 0.4) is 0 Å². The third kappa shape index (κ3) is 4.68. The monoisotopic (exact) mass is 328 g/mol. The Balaban J connectivity index is 1.53.